The summed E-state index contributed by atoms with van der Waals surface area (Å²) >= 11 is 1.22. The molecule has 0 atom stereocenters. The fourth-order valence-electron chi connectivity index (χ4n) is 1.58. The fourth-order valence-corrected chi connectivity index (χ4v) is 2.44. The molecule has 0 saturated heterocycles. The quantitative estimate of drug-likeness (QED) is 0.819. The van der Waals surface area contributed by atoms with Crippen molar-refractivity contribution in [3.63, 3.8) is 0 Å². The molecule has 1 N–H and O–H groups in total. The molecule has 5 nitrogen and oxygen atoms in total. The minimum atomic E-state index is -0.837. The summed E-state index contributed by atoms with van der Waals surface area (Å²) in [6, 6.07) is 0. The number of aromatic nitrogens is 3. The number of carboxylic acids is 1. The Hall–Kier alpha value is -1.04. The largest absolute Gasteiger partial charge is 0.481 e. The van der Waals surface area contributed by atoms with Gasteiger partial charge in [-0.3, -0.25) is 4.79 Å². The molecule has 0 aliphatic rings. The first-order valence-corrected chi connectivity index (χ1v) is 6.64. The van der Waals surface area contributed by atoms with Crippen LogP contribution in [0.15, 0.2) is 5.16 Å². The molecule has 0 unspecified atom stereocenters. The lowest BCUT2D eigenvalue weighted by molar-refractivity contribution is -0.133. The van der Waals surface area contributed by atoms with Gasteiger partial charge >= 0.3 is 5.97 Å². The number of thioether (sulfide) groups is 1. The van der Waals surface area contributed by atoms with Gasteiger partial charge in [-0.15, -0.1) is 10.2 Å². The molecule has 96 valence electrons. The molecule has 0 aliphatic heterocycles. The van der Waals surface area contributed by atoms with Crippen LogP contribution in [0.5, 0.6) is 0 Å². The predicted octanol–water partition coefficient (Wildman–Crippen LogP) is 2.16. The minimum absolute atomic E-state index is 0.0142. The maximum Gasteiger partial charge on any atom is 0.313 e. The molecule has 1 rings (SSSR count). The maximum absolute atomic E-state index is 10.6. The highest BCUT2D eigenvalue weighted by Crippen LogP contribution is 2.25. The third-order valence-electron chi connectivity index (χ3n) is 2.17. The zero-order valence-electron chi connectivity index (χ0n) is 10.7. The molecule has 0 radical (unpaired) electrons. The fraction of sp³-hybridized carbons (Fsp3) is 0.727. The molecule has 0 aromatic carbocycles. The van der Waals surface area contributed by atoms with Crippen LogP contribution in [0.3, 0.4) is 0 Å². The molecule has 0 saturated carbocycles. The number of hydrogen-bond acceptors (Lipinski definition) is 4. The van der Waals surface area contributed by atoms with Crippen molar-refractivity contribution in [2.75, 3.05) is 5.75 Å². The standard InChI is InChI=1S/C11H19N3O2S/c1-5-6-8-12-13-10(17-7-9(15)16)14(8)11(2,3)4/h5-7H2,1-4H3,(H,15,16). The second-order valence-electron chi connectivity index (χ2n) is 4.84. The molecule has 1 aromatic heterocycles. The van der Waals surface area contributed by atoms with Gasteiger partial charge < -0.3 is 9.67 Å². The number of hydrogen-bond donors (Lipinski definition) is 1. The summed E-state index contributed by atoms with van der Waals surface area (Å²) in [6.45, 7) is 8.30. The second kappa shape index (κ2) is 5.53. The van der Waals surface area contributed by atoms with E-state index in [9.17, 15) is 4.79 Å². The lowest BCUT2D eigenvalue weighted by atomic mass is 10.1. The molecule has 17 heavy (non-hydrogen) atoms. The molecule has 6 heteroatoms. The number of aliphatic carboxylic acids is 1. The molecule has 1 aromatic rings. The van der Waals surface area contributed by atoms with E-state index < -0.39 is 5.97 Å². The SMILES string of the molecule is CCCc1nnc(SCC(=O)O)n1C(C)(C)C. The van der Waals surface area contributed by atoms with Crippen molar-refractivity contribution in [2.24, 2.45) is 0 Å². The van der Waals surface area contributed by atoms with Crippen LogP contribution >= 0.6 is 11.8 Å². The average Bonchev–Trinajstić information content (AvgIpc) is 2.58. The summed E-state index contributed by atoms with van der Waals surface area (Å²) in [5, 5.41) is 17.6. The van der Waals surface area contributed by atoms with E-state index in [1.165, 1.54) is 11.8 Å². The Balaban J connectivity index is 3.00. The second-order valence-corrected chi connectivity index (χ2v) is 5.78. The Morgan fingerprint density at radius 3 is 2.53 bits per heavy atom. The van der Waals surface area contributed by atoms with Gasteiger partial charge in [0.1, 0.15) is 5.82 Å². The number of nitrogens with zero attached hydrogens (tertiary/aromatic N) is 3. The Morgan fingerprint density at radius 1 is 1.41 bits per heavy atom. The van der Waals surface area contributed by atoms with Crippen molar-refractivity contribution in [1.29, 1.82) is 0 Å². The van der Waals surface area contributed by atoms with Crippen LogP contribution in [0.2, 0.25) is 0 Å². The van der Waals surface area contributed by atoms with Crippen molar-refractivity contribution < 1.29 is 9.90 Å². The van der Waals surface area contributed by atoms with Gasteiger partial charge in [-0.25, -0.2) is 0 Å². The van der Waals surface area contributed by atoms with Crippen LogP contribution in [0.1, 0.15) is 39.9 Å². The highest BCUT2D eigenvalue weighted by Gasteiger charge is 2.23. The monoisotopic (exact) mass is 257 g/mol. The summed E-state index contributed by atoms with van der Waals surface area (Å²) < 4.78 is 2.03. The summed E-state index contributed by atoms with van der Waals surface area (Å²) in [5.41, 5.74) is -0.130. The maximum atomic E-state index is 10.6. The lowest BCUT2D eigenvalue weighted by Crippen LogP contribution is -2.25. The molecule has 0 spiro atoms. The van der Waals surface area contributed by atoms with E-state index >= 15 is 0 Å². The van der Waals surface area contributed by atoms with E-state index in [0.717, 1.165) is 18.7 Å². The summed E-state index contributed by atoms with van der Waals surface area (Å²) in [5.74, 6) is 0.101. The highest BCUT2D eigenvalue weighted by atomic mass is 32.2. The van der Waals surface area contributed by atoms with Gasteiger partial charge in [-0.2, -0.15) is 0 Å². The molecular weight excluding hydrogens is 238 g/mol. The zero-order valence-corrected chi connectivity index (χ0v) is 11.5. The van der Waals surface area contributed by atoms with E-state index in [1.54, 1.807) is 0 Å². The molecule has 0 amide bonds. The van der Waals surface area contributed by atoms with Gasteiger partial charge in [-0.1, -0.05) is 18.7 Å². The van der Waals surface area contributed by atoms with Gasteiger partial charge in [0.15, 0.2) is 5.16 Å². The Bertz CT molecular complexity index is 396. The first-order chi connectivity index (χ1) is 7.86. The predicted molar refractivity (Wildman–Crippen MR) is 67.4 cm³/mol. The van der Waals surface area contributed by atoms with Gasteiger partial charge in [0, 0.05) is 12.0 Å². The topological polar surface area (TPSA) is 68.0 Å². The van der Waals surface area contributed by atoms with Gasteiger partial charge in [-0.05, 0) is 27.2 Å². The Labute approximate surface area is 106 Å². The third-order valence-corrected chi connectivity index (χ3v) is 3.08. The average molecular weight is 257 g/mol. The molecule has 1 heterocycles. The number of carbonyl (C=O) groups is 1. The third kappa shape index (κ3) is 3.73. The number of rotatable bonds is 5. The Kier molecular flexibility index (Phi) is 4.56. The van der Waals surface area contributed by atoms with E-state index in [0.29, 0.717) is 5.16 Å². The van der Waals surface area contributed by atoms with Gasteiger partial charge in [0.2, 0.25) is 0 Å². The minimum Gasteiger partial charge on any atom is -0.481 e. The van der Waals surface area contributed by atoms with E-state index in [2.05, 4.69) is 37.9 Å². The summed E-state index contributed by atoms with van der Waals surface area (Å²) in [7, 11) is 0. The van der Waals surface area contributed by atoms with Crippen molar-refractivity contribution in [3.8, 4) is 0 Å². The number of carboxylic acid groups (broad SMARTS) is 1. The molecule has 0 bridgehead atoms. The first-order valence-electron chi connectivity index (χ1n) is 5.65. The molecule has 0 aliphatic carbocycles. The summed E-state index contributed by atoms with van der Waals surface area (Å²) in [4.78, 5) is 10.6. The van der Waals surface area contributed by atoms with Crippen LogP contribution in [0, 0.1) is 0 Å². The zero-order chi connectivity index (χ0) is 13.1. The van der Waals surface area contributed by atoms with Crippen LogP contribution in [-0.4, -0.2) is 31.6 Å². The van der Waals surface area contributed by atoms with Crippen molar-refractivity contribution in [1.82, 2.24) is 14.8 Å². The lowest BCUT2D eigenvalue weighted by Gasteiger charge is -2.24. The van der Waals surface area contributed by atoms with Crippen molar-refractivity contribution >= 4 is 17.7 Å². The smallest absolute Gasteiger partial charge is 0.313 e. The van der Waals surface area contributed by atoms with Gasteiger partial charge in [0.25, 0.3) is 0 Å². The van der Waals surface area contributed by atoms with Crippen LogP contribution in [-0.2, 0) is 16.8 Å². The number of aryl methyl sites for hydroxylation is 1. The van der Waals surface area contributed by atoms with E-state index in [4.69, 9.17) is 5.11 Å². The van der Waals surface area contributed by atoms with Crippen molar-refractivity contribution in [2.45, 2.75) is 51.2 Å². The van der Waals surface area contributed by atoms with Gasteiger partial charge in [0.05, 0.1) is 5.75 Å². The molecular formula is C11H19N3O2S. The molecule has 0 fully saturated rings. The van der Waals surface area contributed by atoms with E-state index in [1.807, 2.05) is 4.57 Å². The Morgan fingerprint density at radius 2 is 2.06 bits per heavy atom. The van der Waals surface area contributed by atoms with Crippen molar-refractivity contribution in [3.05, 3.63) is 5.82 Å². The highest BCUT2D eigenvalue weighted by molar-refractivity contribution is 7.99. The normalized spacial score (nSPS) is 11.8. The van der Waals surface area contributed by atoms with Crippen LogP contribution < -0.4 is 0 Å². The summed E-state index contributed by atoms with van der Waals surface area (Å²) in [6.07, 6.45) is 1.86. The van der Waals surface area contributed by atoms with Crippen LogP contribution in [0.4, 0.5) is 0 Å². The first kappa shape index (κ1) is 14.0. The van der Waals surface area contributed by atoms with E-state index in [-0.39, 0.29) is 11.3 Å². The van der Waals surface area contributed by atoms with Crippen LogP contribution in [0.25, 0.3) is 0 Å².